The molecule has 0 radical (unpaired) electrons. The van der Waals surface area contributed by atoms with Crippen molar-refractivity contribution in [2.75, 3.05) is 31.8 Å². The van der Waals surface area contributed by atoms with Crippen molar-refractivity contribution in [2.24, 2.45) is 5.73 Å². The van der Waals surface area contributed by atoms with Gasteiger partial charge in [-0.3, -0.25) is 4.79 Å². The Kier molecular flexibility index (Phi) is 6.20. The Morgan fingerprint density at radius 3 is 2.90 bits per heavy atom. The van der Waals surface area contributed by atoms with E-state index in [1.807, 2.05) is 24.5 Å². The van der Waals surface area contributed by atoms with E-state index in [1.165, 1.54) is 0 Å². The Bertz CT molecular complexity index is 482. The van der Waals surface area contributed by atoms with Crippen LogP contribution >= 0.6 is 11.8 Å². The van der Waals surface area contributed by atoms with Gasteiger partial charge in [-0.25, -0.2) is 0 Å². The van der Waals surface area contributed by atoms with E-state index in [-0.39, 0.29) is 5.91 Å². The fraction of sp³-hybridized carbons (Fsp3) is 0.533. The maximum atomic E-state index is 11.8. The topological polar surface area (TPSA) is 73.6 Å². The number of nitrogens with two attached hydrogens (primary N) is 1. The maximum Gasteiger partial charge on any atom is 0.236 e. The molecule has 0 aromatic heterocycles. The zero-order valence-corrected chi connectivity index (χ0v) is 13.1. The van der Waals surface area contributed by atoms with Crippen molar-refractivity contribution >= 4 is 17.7 Å². The fourth-order valence-electron chi connectivity index (χ4n) is 2.08. The molecule has 1 aliphatic rings. The van der Waals surface area contributed by atoms with Crippen LogP contribution in [-0.2, 0) is 11.2 Å². The minimum Gasteiger partial charge on any atom is -0.486 e. The Hall–Kier alpha value is -1.40. The van der Waals surface area contributed by atoms with Crippen LogP contribution < -0.4 is 20.5 Å². The van der Waals surface area contributed by atoms with Crippen LogP contribution in [0.2, 0.25) is 0 Å². The fourth-order valence-corrected chi connectivity index (χ4v) is 2.57. The van der Waals surface area contributed by atoms with Gasteiger partial charge >= 0.3 is 0 Å². The molecule has 0 saturated carbocycles. The first kappa shape index (κ1) is 16.0. The number of ether oxygens (including phenoxy) is 2. The van der Waals surface area contributed by atoms with E-state index >= 15 is 0 Å². The third-order valence-corrected chi connectivity index (χ3v) is 3.93. The smallest absolute Gasteiger partial charge is 0.236 e. The van der Waals surface area contributed by atoms with Crippen LogP contribution in [0.3, 0.4) is 0 Å². The first-order chi connectivity index (χ1) is 10.2. The highest BCUT2D eigenvalue weighted by molar-refractivity contribution is 7.98. The van der Waals surface area contributed by atoms with Crippen molar-refractivity contribution in [1.29, 1.82) is 0 Å². The second-order valence-corrected chi connectivity index (χ2v) is 5.89. The van der Waals surface area contributed by atoms with Crippen LogP contribution in [0.25, 0.3) is 0 Å². The van der Waals surface area contributed by atoms with Crippen LogP contribution in [-0.4, -0.2) is 43.7 Å². The molecule has 1 atom stereocenters. The summed E-state index contributed by atoms with van der Waals surface area (Å²) in [6.45, 7) is 1.75. The van der Waals surface area contributed by atoms with Gasteiger partial charge in [0, 0.05) is 6.54 Å². The van der Waals surface area contributed by atoms with Gasteiger partial charge in [-0.15, -0.1) is 0 Å². The molecule has 0 saturated heterocycles. The number of hydrogen-bond acceptors (Lipinski definition) is 5. The lowest BCUT2D eigenvalue weighted by Crippen LogP contribution is -2.41. The summed E-state index contributed by atoms with van der Waals surface area (Å²) in [4.78, 5) is 11.8. The van der Waals surface area contributed by atoms with E-state index in [1.54, 1.807) is 11.8 Å². The molecule has 1 heterocycles. The third-order valence-electron chi connectivity index (χ3n) is 3.29. The van der Waals surface area contributed by atoms with E-state index < -0.39 is 6.04 Å². The number of benzene rings is 1. The molecule has 2 rings (SSSR count). The Balaban J connectivity index is 1.77. The molecule has 1 amide bonds. The van der Waals surface area contributed by atoms with Gasteiger partial charge in [0.05, 0.1) is 6.04 Å². The molecule has 116 valence electrons. The molecule has 5 nitrogen and oxygen atoms in total. The molecular weight excluding hydrogens is 288 g/mol. The SMILES string of the molecule is CSCC[C@H](N)C(=O)NCCc1ccc2c(c1)OCCO2. The molecule has 1 aromatic rings. The molecule has 6 heteroatoms. The highest BCUT2D eigenvalue weighted by Crippen LogP contribution is 2.30. The second kappa shape index (κ2) is 8.14. The molecule has 3 N–H and O–H groups in total. The zero-order chi connectivity index (χ0) is 15.1. The van der Waals surface area contributed by atoms with Crippen LogP contribution in [0.15, 0.2) is 18.2 Å². The lowest BCUT2D eigenvalue weighted by molar-refractivity contribution is -0.122. The third kappa shape index (κ3) is 4.82. The molecule has 0 spiro atoms. The van der Waals surface area contributed by atoms with Gasteiger partial charge < -0.3 is 20.5 Å². The number of hydrogen-bond donors (Lipinski definition) is 2. The van der Waals surface area contributed by atoms with Crippen LogP contribution in [0, 0.1) is 0 Å². The molecule has 1 aromatic carbocycles. The number of rotatable bonds is 7. The van der Waals surface area contributed by atoms with Crippen LogP contribution in [0.1, 0.15) is 12.0 Å². The normalized spacial score (nSPS) is 14.6. The number of fused-ring (bicyclic) bond motifs is 1. The van der Waals surface area contributed by atoms with Gasteiger partial charge in [0.25, 0.3) is 0 Å². The minimum absolute atomic E-state index is 0.0819. The number of amides is 1. The summed E-state index contributed by atoms with van der Waals surface area (Å²) in [6.07, 6.45) is 3.46. The first-order valence-corrected chi connectivity index (χ1v) is 8.51. The average molecular weight is 310 g/mol. The van der Waals surface area contributed by atoms with E-state index in [4.69, 9.17) is 15.2 Å². The lowest BCUT2D eigenvalue weighted by Gasteiger charge is -2.19. The van der Waals surface area contributed by atoms with Crippen molar-refractivity contribution in [3.63, 3.8) is 0 Å². The van der Waals surface area contributed by atoms with E-state index in [2.05, 4.69) is 5.32 Å². The quantitative estimate of drug-likeness (QED) is 0.791. The van der Waals surface area contributed by atoms with Gasteiger partial charge in [-0.05, 0) is 42.5 Å². The molecule has 0 bridgehead atoms. The summed E-state index contributed by atoms with van der Waals surface area (Å²) in [5.74, 6) is 2.38. The van der Waals surface area contributed by atoms with E-state index in [9.17, 15) is 4.79 Å². The van der Waals surface area contributed by atoms with Gasteiger partial charge in [0.1, 0.15) is 13.2 Å². The summed E-state index contributed by atoms with van der Waals surface area (Å²) in [6, 6.07) is 5.45. The van der Waals surface area contributed by atoms with Gasteiger partial charge in [-0.2, -0.15) is 11.8 Å². The van der Waals surface area contributed by atoms with Crippen molar-refractivity contribution in [3.8, 4) is 11.5 Å². The van der Waals surface area contributed by atoms with Crippen molar-refractivity contribution in [2.45, 2.75) is 18.9 Å². The average Bonchev–Trinajstić information content (AvgIpc) is 2.52. The number of carbonyl (C=O) groups is 1. The predicted octanol–water partition coefficient (Wildman–Crippen LogP) is 1.20. The Labute approximate surface area is 129 Å². The lowest BCUT2D eigenvalue weighted by atomic mass is 10.1. The van der Waals surface area contributed by atoms with E-state index in [0.717, 1.165) is 29.2 Å². The van der Waals surface area contributed by atoms with Crippen molar-refractivity contribution in [1.82, 2.24) is 5.32 Å². The molecule has 0 fully saturated rings. The van der Waals surface area contributed by atoms with Crippen LogP contribution in [0.5, 0.6) is 11.5 Å². The summed E-state index contributed by atoms with van der Waals surface area (Å²) in [7, 11) is 0. The first-order valence-electron chi connectivity index (χ1n) is 7.11. The zero-order valence-electron chi connectivity index (χ0n) is 12.3. The van der Waals surface area contributed by atoms with Gasteiger partial charge in [-0.1, -0.05) is 6.07 Å². The predicted molar refractivity (Wildman–Crippen MR) is 85.1 cm³/mol. The minimum atomic E-state index is -0.419. The molecule has 0 aliphatic carbocycles. The Morgan fingerprint density at radius 1 is 1.38 bits per heavy atom. The highest BCUT2D eigenvalue weighted by atomic mass is 32.2. The molecule has 21 heavy (non-hydrogen) atoms. The number of nitrogens with one attached hydrogen (secondary N) is 1. The number of carbonyl (C=O) groups excluding carboxylic acids is 1. The summed E-state index contributed by atoms with van der Waals surface area (Å²) >= 11 is 1.70. The van der Waals surface area contributed by atoms with Crippen molar-refractivity contribution < 1.29 is 14.3 Å². The van der Waals surface area contributed by atoms with Gasteiger partial charge in [0.15, 0.2) is 11.5 Å². The molecule has 1 aliphatic heterocycles. The summed E-state index contributed by atoms with van der Waals surface area (Å²) in [5.41, 5.74) is 6.92. The Morgan fingerprint density at radius 2 is 2.14 bits per heavy atom. The van der Waals surface area contributed by atoms with Crippen LogP contribution in [0.4, 0.5) is 0 Å². The largest absolute Gasteiger partial charge is 0.486 e. The second-order valence-electron chi connectivity index (χ2n) is 4.91. The number of thioether (sulfide) groups is 1. The summed E-state index contributed by atoms with van der Waals surface area (Å²) in [5, 5.41) is 2.87. The maximum absolute atomic E-state index is 11.8. The van der Waals surface area contributed by atoms with Gasteiger partial charge in [0.2, 0.25) is 5.91 Å². The highest BCUT2D eigenvalue weighted by Gasteiger charge is 2.13. The molecular formula is C15H22N2O3S. The molecule has 0 unspecified atom stereocenters. The monoisotopic (exact) mass is 310 g/mol. The standard InChI is InChI=1S/C15H22N2O3S/c1-21-9-5-12(16)15(18)17-6-4-11-2-3-13-14(10-11)20-8-7-19-13/h2-3,10,12H,4-9,16H2,1H3,(H,17,18)/t12-/m0/s1. The van der Waals surface area contributed by atoms with E-state index in [0.29, 0.717) is 26.2 Å². The van der Waals surface area contributed by atoms with Crippen molar-refractivity contribution in [3.05, 3.63) is 23.8 Å². The summed E-state index contributed by atoms with van der Waals surface area (Å²) < 4.78 is 11.0.